The molecule has 3 heteroatoms. The summed E-state index contributed by atoms with van der Waals surface area (Å²) in [6.07, 6.45) is 0. The normalized spacial score (nSPS) is 11.4. The Morgan fingerprint density at radius 1 is 1.00 bits per heavy atom. The molecule has 0 unspecified atom stereocenters. The fourth-order valence-corrected chi connectivity index (χ4v) is 2.45. The Morgan fingerprint density at radius 3 is 2.05 bits per heavy atom. The van der Waals surface area contributed by atoms with E-state index in [9.17, 15) is 4.79 Å². The first-order valence-electron chi connectivity index (χ1n) is 6.43. The molecule has 0 spiro atoms. The molecule has 2 aromatic carbocycles. The van der Waals surface area contributed by atoms with E-state index in [1.807, 2.05) is 18.2 Å². The number of halogens is 1. The van der Waals surface area contributed by atoms with Crippen LogP contribution < -0.4 is 0 Å². The summed E-state index contributed by atoms with van der Waals surface area (Å²) in [5.74, 6) is -0.926. The third-order valence-corrected chi connectivity index (χ3v) is 3.97. The monoisotopic (exact) mass is 332 g/mol. The molecule has 20 heavy (non-hydrogen) atoms. The number of carboxylic acid groups (broad SMARTS) is 1. The molecule has 0 aliphatic heterocycles. The summed E-state index contributed by atoms with van der Waals surface area (Å²) >= 11 is 3.26. The van der Waals surface area contributed by atoms with Crippen LogP contribution in [0, 0.1) is 0 Å². The number of hydrogen-bond donors (Lipinski definition) is 1. The maximum absolute atomic E-state index is 11.2. The van der Waals surface area contributed by atoms with Crippen molar-refractivity contribution in [3.8, 4) is 11.1 Å². The Bertz CT molecular complexity index is 637. The number of carbonyl (C=O) groups is 1. The zero-order valence-electron chi connectivity index (χ0n) is 11.8. The highest BCUT2D eigenvalue weighted by atomic mass is 79.9. The maximum atomic E-state index is 11.2. The van der Waals surface area contributed by atoms with Gasteiger partial charge in [-0.15, -0.1) is 0 Å². The third kappa shape index (κ3) is 3.10. The second-order valence-corrected chi connectivity index (χ2v) is 6.68. The number of carboxylic acids is 1. The average Bonchev–Trinajstić information content (AvgIpc) is 2.38. The van der Waals surface area contributed by atoms with Crippen molar-refractivity contribution < 1.29 is 9.90 Å². The van der Waals surface area contributed by atoms with Gasteiger partial charge in [0.05, 0.1) is 5.56 Å². The standard InChI is InChI=1S/C17H17BrO2/c1-17(2,3)13-7-4-11(5-8-13)12-6-9-15(18)14(10-12)16(19)20/h4-10H,1-3H3,(H,19,20). The van der Waals surface area contributed by atoms with Crippen LogP contribution in [0.15, 0.2) is 46.9 Å². The van der Waals surface area contributed by atoms with E-state index in [1.165, 1.54) is 5.56 Å². The van der Waals surface area contributed by atoms with E-state index in [4.69, 9.17) is 5.11 Å². The SMILES string of the molecule is CC(C)(C)c1ccc(-c2ccc(Br)c(C(=O)O)c2)cc1. The van der Waals surface area contributed by atoms with Crippen LogP contribution in [0.25, 0.3) is 11.1 Å². The van der Waals surface area contributed by atoms with Crippen LogP contribution in [-0.2, 0) is 5.41 Å². The lowest BCUT2D eigenvalue weighted by atomic mass is 9.86. The first kappa shape index (κ1) is 14.8. The van der Waals surface area contributed by atoms with Crippen molar-refractivity contribution in [2.45, 2.75) is 26.2 Å². The Balaban J connectivity index is 2.42. The second-order valence-electron chi connectivity index (χ2n) is 5.83. The summed E-state index contributed by atoms with van der Waals surface area (Å²) in [5.41, 5.74) is 3.59. The van der Waals surface area contributed by atoms with Gasteiger partial charge in [-0.25, -0.2) is 4.79 Å². The molecule has 2 rings (SSSR count). The molecule has 0 aromatic heterocycles. The van der Waals surface area contributed by atoms with E-state index < -0.39 is 5.97 Å². The molecular formula is C17H17BrO2. The number of rotatable bonds is 2. The van der Waals surface area contributed by atoms with Crippen LogP contribution in [0.3, 0.4) is 0 Å². The number of hydrogen-bond acceptors (Lipinski definition) is 1. The smallest absolute Gasteiger partial charge is 0.336 e. The third-order valence-electron chi connectivity index (χ3n) is 3.28. The first-order chi connectivity index (χ1) is 9.29. The molecule has 0 amide bonds. The van der Waals surface area contributed by atoms with Crippen LogP contribution in [0.4, 0.5) is 0 Å². The van der Waals surface area contributed by atoms with Gasteiger partial charge >= 0.3 is 5.97 Å². The largest absolute Gasteiger partial charge is 0.478 e. The number of benzene rings is 2. The van der Waals surface area contributed by atoms with Crippen molar-refractivity contribution in [2.24, 2.45) is 0 Å². The van der Waals surface area contributed by atoms with Crippen LogP contribution in [0.2, 0.25) is 0 Å². The molecule has 0 atom stereocenters. The lowest BCUT2D eigenvalue weighted by Crippen LogP contribution is -2.10. The Labute approximate surface area is 127 Å². The van der Waals surface area contributed by atoms with E-state index >= 15 is 0 Å². The predicted molar refractivity (Wildman–Crippen MR) is 85.2 cm³/mol. The zero-order chi connectivity index (χ0) is 14.9. The Kier molecular flexibility index (Phi) is 4.00. The molecule has 0 bridgehead atoms. The minimum Gasteiger partial charge on any atom is -0.478 e. The van der Waals surface area contributed by atoms with E-state index in [0.29, 0.717) is 4.47 Å². The second kappa shape index (κ2) is 5.41. The van der Waals surface area contributed by atoms with Crippen molar-refractivity contribution in [3.05, 3.63) is 58.1 Å². The van der Waals surface area contributed by atoms with Gasteiger partial charge in [0.2, 0.25) is 0 Å². The summed E-state index contributed by atoms with van der Waals surface area (Å²) < 4.78 is 0.597. The molecule has 104 valence electrons. The summed E-state index contributed by atoms with van der Waals surface area (Å²) in [6.45, 7) is 6.51. The van der Waals surface area contributed by atoms with Crippen LogP contribution in [0.5, 0.6) is 0 Å². The van der Waals surface area contributed by atoms with Gasteiger partial charge in [0.1, 0.15) is 0 Å². The van der Waals surface area contributed by atoms with E-state index in [0.717, 1.165) is 11.1 Å². The fraction of sp³-hybridized carbons (Fsp3) is 0.235. The molecule has 2 nitrogen and oxygen atoms in total. The van der Waals surface area contributed by atoms with E-state index in [2.05, 4.69) is 48.8 Å². The Morgan fingerprint density at radius 2 is 1.55 bits per heavy atom. The minimum absolute atomic E-state index is 0.116. The molecule has 0 aliphatic rings. The lowest BCUT2D eigenvalue weighted by Gasteiger charge is -2.19. The van der Waals surface area contributed by atoms with E-state index in [-0.39, 0.29) is 11.0 Å². The minimum atomic E-state index is -0.926. The lowest BCUT2D eigenvalue weighted by molar-refractivity contribution is 0.0696. The maximum Gasteiger partial charge on any atom is 0.336 e. The quantitative estimate of drug-likeness (QED) is 0.829. The van der Waals surface area contributed by atoms with Crippen molar-refractivity contribution in [2.75, 3.05) is 0 Å². The topological polar surface area (TPSA) is 37.3 Å². The Hall–Kier alpha value is -1.61. The van der Waals surface area contributed by atoms with Crippen molar-refractivity contribution in [1.29, 1.82) is 0 Å². The highest BCUT2D eigenvalue weighted by Gasteiger charge is 2.14. The highest BCUT2D eigenvalue weighted by molar-refractivity contribution is 9.10. The highest BCUT2D eigenvalue weighted by Crippen LogP contribution is 2.28. The summed E-state index contributed by atoms with van der Waals surface area (Å²) in [4.78, 5) is 11.2. The van der Waals surface area contributed by atoms with Gasteiger partial charge in [-0.1, -0.05) is 51.1 Å². The summed E-state index contributed by atoms with van der Waals surface area (Å²) in [7, 11) is 0. The van der Waals surface area contributed by atoms with Gasteiger partial charge in [-0.2, -0.15) is 0 Å². The van der Waals surface area contributed by atoms with Gasteiger partial charge in [-0.05, 0) is 50.2 Å². The van der Waals surface area contributed by atoms with Gasteiger partial charge in [-0.3, -0.25) is 0 Å². The molecule has 0 fully saturated rings. The molecule has 0 heterocycles. The first-order valence-corrected chi connectivity index (χ1v) is 7.22. The molecule has 0 aliphatic carbocycles. The zero-order valence-corrected chi connectivity index (χ0v) is 13.4. The van der Waals surface area contributed by atoms with Crippen LogP contribution >= 0.6 is 15.9 Å². The number of aromatic carboxylic acids is 1. The fourth-order valence-electron chi connectivity index (χ4n) is 2.03. The molecule has 0 saturated heterocycles. The summed E-state index contributed by atoms with van der Waals surface area (Å²) in [6, 6.07) is 13.7. The molecule has 0 radical (unpaired) electrons. The molecule has 1 N–H and O–H groups in total. The van der Waals surface area contributed by atoms with Crippen molar-refractivity contribution >= 4 is 21.9 Å². The van der Waals surface area contributed by atoms with Crippen LogP contribution in [0.1, 0.15) is 36.7 Å². The summed E-state index contributed by atoms with van der Waals surface area (Å²) in [5, 5.41) is 9.16. The molecule has 0 saturated carbocycles. The van der Waals surface area contributed by atoms with Gasteiger partial charge in [0.25, 0.3) is 0 Å². The predicted octanol–water partition coefficient (Wildman–Crippen LogP) is 5.11. The van der Waals surface area contributed by atoms with Gasteiger partial charge < -0.3 is 5.11 Å². The average molecular weight is 333 g/mol. The van der Waals surface area contributed by atoms with Crippen LogP contribution in [-0.4, -0.2) is 11.1 Å². The molecule has 2 aromatic rings. The van der Waals surface area contributed by atoms with Crippen molar-refractivity contribution in [1.82, 2.24) is 0 Å². The van der Waals surface area contributed by atoms with E-state index in [1.54, 1.807) is 12.1 Å². The van der Waals surface area contributed by atoms with Gasteiger partial charge in [0.15, 0.2) is 0 Å². The van der Waals surface area contributed by atoms with Crippen molar-refractivity contribution in [3.63, 3.8) is 0 Å². The molecular weight excluding hydrogens is 316 g/mol. The van der Waals surface area contributed by atoms with Gasteiger partial charge in [0, 0.05) is 4.47 Å².